The Bertz CT molecular complexity index is 820. The van der Waals surface area contributed by atoms with Crippen molar-refractivity contribution in [3.63, 3.8) is 0 Å². The summed E-state index contributed by atoms with van der Waals surface area (Å²) in [6, 6.07) is 10.8. The van der Waals surface area contributed by atoms with Gasteiger partial charge in [-0.05, 0) is 50.8 Å². The van der Waals surface area contributed by atoms with Gasteiger partial charge in [0.1, 0.15) is 29.5 Å². The number of rotatable bonds is 7. The summed E-state index contributed by atoms with van der Waals surface area (Å²) in [5.41, 5.74) is 1.76. The van der Waals surface area contributed by atoms with Crippen molar-refractivity contribution in [3.8, 4) is 17.2 Å². The number of nitro groups is 1. The van der Waals surface area contributed by atoms with Crippen molar-refractivity contribution in [3.05, 3.63) is 64.6 Å². The maximum Gasteiger partial charge on any atom is 0.276 e. The molecule has 1 aliphatic rings. The number of aryl methyl sites for hydroxylation is 1. The molecule has 1 heterocycles. The minimum Gasteiger partial charge on any atom is -0.497 e. The summed E-state index contributed by atoms with van der Waals surface area (Å²) in [5, 5.41) is 11.1. The van der Waals surface area contributed by atoms with E-state index in [1.165, 1.54) is 11.6 Å². The Kier molecular flexibility index (Phi) is 5.84. The quantitative estimate of drug-likeness (QED) is 0.523. The highest BCUT2D eigenvalue weighted by atomic mass is 16.6. The molecule has 2 aromatic carbocycles. The van der Waals surface area contributed by atoms with Crippen LogP contribution in [0.4, 0.5) is 5.69 Å². The average Bonchev–Trinajstić information content (AvgIpc) is 2.68. The van der Waals surface area contributed by atoms with Crippen molar-refractivity contribution >= 4 is 5.69 Å². The van der Waals surface area contributed by atoms with E-state index in [4.69, 9.17) is 14.2 Å². The van der Waals surface area contributed by atoms with Crippen LogP contribution < -0.4 is 14.2 Å². The second-order valence-corrected chi connectivity index (χ2v) is 6.67. The Hall–Kier alpha value is -2.76. The van der Waals surface area contributed by atoms with Gasteiger partial charge in [0.15, 0.2) is 0 Å². The lowest BCUT2D eigenvalue weighted by Crippen LogP contribution is -2.30. The Morgan fingerprint density at radius 2 is 2.19 bits per heavy atom. The zero-order chi connectivity index (χ0) is 19.4. The highest BCUT2D eigenvalue weighted by Crippen LogP contribution is 2.34. The summed E-state index contributed by atoms with van der Waals surface area (Å²) >= 11 is 0. The van der Waals surface area contributed by atoms with Gasteiger partial charge in [-0.15, -0.1) is 0 Å². The standard InChI is InChI=1S/C21H24NO5/c1-4-16(26-20-7-5-6-19(14(20)2)22(23)24)12-18-11-9-15-8-10-17(25-3)13-21(15)27-18/h5-8,10,13,16,18H,1,4,9,11-12H2,2-3H3. The van der Waals surface area contributed by atoms with E-state index in [0.29, 0.717) is 24.2 Å². The monoisotopic (exact) mass is 370 g/mol. The third-order valence-corrected chi connectivity index (χ3v) is 4.90. The predicted octanol–water partition coefficient (Wildman–Crippen LogP) is 4.67. The smallest absolute Gasteiger partial charge is 0.276 e. The lowest BCUT2D eigenvalue weighted by Gasteiger charge is -2.29. The molecule has 3 rings (SSSR count). The number of fused-ring (bicyclic) bond motifs is 1. The Labute approximate surface area is 159 Å². The molecule has 2 unspecified atom stereocenters. The molecule has 0 saturated carbocycles. The summed E-state index contributed by atoms with van der Waals surface area (Å²) in [6.45, 7) is 5.67. The fraction of sp³-hybridized carbons (Fsp3) is 0.381. The third-order valence-electron chi connectivity index (χ3n) is 4.90. The lowest BCUT2D eigenvalue weighted by molar-refractivity contribution is -0.385. The van der Waals surface area contributed by atoms with Crippen LogP contribution in [0.5, 0.6) is 17.2 Å². The molecule has 1 radical (unpaired) electrons. The van der Waals surface area contributed by atoms with Gasteiger partial charge in [-0.25, -0.2) is 0 Å². The van der Waals surface area contributed by atoms with E-state index in [2.05, 4.69) is 6.92 Å². The SMILES string of the molecule is [CH2]CC(CC1CCc2ccc(OC)cc2O1)Oc1cccc([N+](=O)[O-])c1C. The molecule has 0 aromatic heterocycles. The maximum atomic E-state index is 11.1. The molecule has 6 nitrogen and oxygen atoms in total. The number of hydrogen-bond acceptors (Lipinski definition) is 5. The van der Waals surface area contributed by atoms with E-state index in [1.54, 1.807) is 26.2 Å². The predicted molar refractivity (Wildman–Crippen MR) is 103 cm³/mol. The molecule has 0 saturated heterocycles. The molecule has 0 N–H and O–H groups in total. The number of nitro benzene ring substituents is 1. The van der Waals surface area contributed by atoms with Gasteiger partial charge in [0.25, 0.3) is 5.69 Å². The van der Waals surface area contributed by atoms with Crippen LogP contribution in [0.1, 0.15) is 30.4 Å². The molecule has 2 aromatic rings. The van der Waals surface area contributed by atoms with Gasteiger partial charge in [-0.3, -0.25) is 10.1 Å². The van der Waals surface area contributed by atoms with Crippen LogP contribution in [-0.2, 0) is 6.42 Å². The van der Waals surface area contributed by atoms with Gasteiger partial charge in [0, 0.05) is 18.6 Å². The van der Waals surface area contributed by atoms with Crippen LogP contribution in [0.25, 0.3) is 0 Å². The van der Waals surface area contributed by atoms with Crippen LogP contribution in [0.15, 0.2) is 36.4 Å². The van der Waals surface area contributed by atoms with Crippen LogP contribution >= 0.6 is 0 Å². The largest absolute Gasteiger partial charge is 0.497 e. The maximum absolute atomic E-state index is 11.1. The normalized spacial score (nSPS) is 16.8. The molecule has 0 bridgehead atoms. The fourth-order valence-electron chi connectivity index (χ4n) is 3.33. The number of hydrogen-bond donors (Lipinski definition) is 0. The van der Waals surface area contributed by atoms with Gasteiger partial charge in [0.2, 0.25) is 0 Å². The number of benzene rings is 2. The highest BCUT2D eigenvalue weighted by molar-refractivity contribution is 5.48. The molecule has 27 heavy (non-hydrogen) atoms. The first-order valence-corrected chi connectivity index (χ1v) is 9.05. The molecular weight excluding hydrogens is 346 g/mol. The van der Waals surface area contributed by atoms with Crippen LogP contribution in [0.3, 0.4) is 0 Å². The first kappa shape index (κ1) is 19.0. The van der Waals surface area contributed by atoms with E-state index >= 15 is 0 Å². The van der Waals surface area contributed by atoms with E-state index in [0.717, 1.165) is 24.3 Å². The lowest BCUT2D eigenvalue weighted by atomic mass is 9.97. The van der Waals surface area contributed by atoms with Crippen LogP contribution in [0.2, 0.25) is 0 Å². The second-order valence-electron chi connectivity index (χ2n) is 6.67. The Morgan fingerprint density at radius 1 is 1.37 bits per heavy atom. The number of nitrogens with zero attached hydrogens (tertiary/aromatic N) is 1. The van der Waals surface area contributed by atoms with Crippen molar-refractivity contribution < 1.29 is 19.1 Å². The highest BCUT2D eigenvalue weighted by Gasteiger charge is 2.25. The average molecular weight is 370 g/mol. The molecular formula is C21H24NO5. The molecule has 0 amide bonds. The van der Waals surface area contributed by atoms with Crippen LogP contribution in [-0.4, -0.2) is 24.2 Å². The zero-order valence-corrected chi connectivity index (χ0v) is 15.6. The van der Waals surface area contributed by atoms with Crippen LogP contribution in [0, 0.1) is 24.0 Å². The first-order valence-electron chi connectivity index (χ1n) is 9.05. The summed E-state index contributed by atoms with van der Waals surface area (Å²) in [7, 11) is 1.63. The molecule has 143 valence electrons. The Balaban J connectivity index is 1.69. The molecule has 0 fully saturated rings. The van der Waals surface area contributed by atoms with Crippen molar-refractivity contribution in [2.75, 3.05) is 7.11 Å². The molecule has 6 heteroatoms. The van der Waals surface area contributed by atoms with Gasteiger partial charge in [-0.1, -0.05) is 12.1 Å². The topological polar surface area (TPSA) is 70.8 Å². The zero-order valence-electron chi connectivity index (χ0n) is 15.6. The van der Waals surface area contributed by atoms with Gasteiger partial charge in [0.05, 0.1) is 17.6 Å². The number of ether oxygens (including phenoxy) is 3. The second kappa shape index (κ2) is 8.29. The Morgan fingerprint density at radius 3 is 2.89 bits per heavy atom. The van der Waals surface area contributed by atoms with Crippen molar-refractivity contribution in [2.45, 2.75) is 44.8 Å². The van der Waals surface area contributed by atoms with E-state index in [-0.39, 0.29) is 17.9 Å². The number of methoxy groups -OCH3 is 1. The molecule has 1 aliphatic heterocycles. The minimum absolute atomic E-state index is 0.00959. The van der Waals surface area contributed by atoms with Gasteiger partial charge >= 0.3 is 0 Å². The summed E-state index contributed by atoms with van der Waals surface area (Å²) < 4.78 is 17.5. The van der Waals surface area contributed by atoms with Crippen molar-refractivity contribution in [1.82, 2.24) is 0 Å². The van der Waals surface area contributed by atoms with E-state index in [9.17, 15) is 10.1 Å². The minimum atomic E-state index is -0.393. The molecule has 0 spiro atoms. The van der Waals surface area contributed by atoms with E-state index < -0.39 is 4.92 Å². The van der Waals surface area contributed by atoms with E-state index in [1.807, 2.05) is 18.2 Å². The summed E-state index contributed by atoms with van der Waals surface area (Å²) in [5.74, 6) is 2.14. The summed E-state index contributed by atoms with van der Waals surface area (Å²) in [6.07, 6.45) is 2.88. The molecule has 2 atom stereocenters. The fourth-order valence-corrected chi connectivity index (χ4v) is 3.33. The first-order chi connectivity index (χ1) is 13.0. The molecule has 0 aliphatic carbocycles. The van der Waals surface area contributed by atoms with Gasteiger partial charge < -0.3 is 14.2 Å². The summed E-state index contributed by atoms with van der Waals surface area (Å²) in [4.78, 5) is 10.7. The van der Waals surface area contributed by atoms with Crippen molar-refractivity contribution in [2.24, 2.45) is 0 Å². The van der Waals surface area contributed by atoms with Crippen molar-refractivity contribution in [1.29, 1.82) is 0 Å². The van der Waals surface area contributed by atoms with Gasteiger partial charge in [-0.2, -0.15) is 0 Å². The third kappa shape index (κ3) is 4.32.